The summed E-state index contributed by atoms with van der Waals surface area (Å²) in [6, 6.07) is 7.06. The van der Waals surface area contributed by atoms with Crippen LogP contribution in [0.2, 0.25) is 5.02 Å². The lowest BCUT2D eigenvalue weighted by Crippen LogP contribution is -2.05. The third-order valence-electron chi connectivity index (χ3n) is 2.31. The molecule has 3 nitrogen and oxygen atoms in total. The van der Waals surface area contributed by atoms with Crippen molar-refractivity contribution in [2.24, 2.45) is 0 Å². The van der Waals surface area contributed by atoms with Crippen LogP contribution in [0.4, 0.5) is 0 Å². The molecule has 4 heteroatoms. The highest BCUT2D eigenvalue weighted by Crippen LogP contribution is 2.29. The molecular weight excluding hydrogens is 216 g/mol. The van der Waals surface area contributed by atoms with Gasteiger partial charge < -0.3 is 9.52 Å². The molecule has 1 unspecified atom stereocenters. The van der Waals surface area contributed by atoms with Crippen molar-refractivity contribution in [1.82, 2.24) is 0 Å². The Hall–Kier alpha value is -1.48. The van der Waals surface area contributed by atoms with E-state index in [9.17, 15) is 4.79 Å². The van der Waals surface area contributed by atoms with E-state index in [1.165, 1.54) is 0 Å². The van der Waals surface area contributed by atoms with Crippen LogP contribution in [0.1, 0.15) is 18.6 Å². The van der Waals surface area contributed by atoms with Gasteiger partial charge in [0.25, 0.3) is 0 Å². The standard InChI is InChI=1S/C11H9ClO3/c1-6(11(13)14)9-5-7-3-2-4-8(12)10(7)15-9/h2-6H,1H3,(H,13,14). The van der Waals surface area contributed by atoms with E-state index in [2.05, 4.69) is 0 Å². The molecule has 0 amide bonds. The fourth-order valence-electron chi connectivity index (χ4n) is 1.38. The zero-order valence-electron chi connectivity index (χ0n) is 8.03. The molecule has 0 aliphatic rings. The Morgan fingerprint density at radius 2 is 2.27 bits per heavy atom. The lowest BCUT2D eigenvalue weighted by molar-refractivity contribution is -0.138. The SMILES string of the molecule is CC(C(=O)O)c1cc2cccc(Cl)c2o1. The highest BCUT2D eigenvalue weighted by molar-refractivity contribution is 6.34. The molecule has 0 spiro atoms. The number of hydrogen-bond acceptors (Lipinski definition) is 2. The molecule has 1 atom stereocenters. The minimum Gasteiger partial charge on any atom is -0.481 e. The summed E-state index contributed by atoms with van der Waals surface area (Å²) >= 11 is 5.91. The van der Waals surface area contributed by atoms with Crippen LogP contribution in [-0.4, -0.2) is 11.1 Å². The molecule has 1 aromatic heterocycles. The number of rotatable bonds is 2. The zero-order chi connectivity index (χ0) is 11.0. The summed E-state index contributed by atoms with van der Waals surface area (Å²) in [5.41, 5.74) is 0.544. The van der Waals surface area contributed by atoms with Gasteiger partial charge in [-0.2, -0.15) is 0 Å². The summed E-state index contributed by atoms with van der Waals surface area (Å²) < 4.78 is 5.41. The smallest absolute Gasteiger partial charge is 0.313 e. The van der Waals surface area contributed by atoms with Crippen LogP contribution in [0, 0.1) is 0 Å². The molecule has 0 fully saturated rings. The van der Waals surface area contributed by atoms with Crippen molar-refractivity contribution in [3.63, 3.8) is 0 Å². The van der Waals surface area contributed by atoms with E-state index < -0.39 is 11.9 Å². The van der Waals surface area contributed by atoms with E-state index in [1.807, 2.05) is 6.07 Å². The maximum Gasteiger partial charge on any atom is 0.313 e. The van der Waals surface area contributed by atoms with E-state index in [4.69, 9.17) is 21.1 Å². The minimum absolute atomic E-state index is 0.422. The Morgan fingerprint density at radius 1 is 1.53 bits per heavy atom. The monoisotopic (exact) mass is 224 g/mol. The number of hydrogen-bond donors (Lipinski definition) is 1. The van der Waals surface area contributed by atoms with Gasteiger partial charge in [0, 0.05) is 5.39 Å². The Balaban J connectivity index is 2.56. The molecular formula is C11H9ClO3. The molecule has 15 heavy (non-hydrogen) atoms. The molecule has 0 radical (unpaired) electrons. The van der Waals surface area contributed by atoms with Gasteiger partial charge in [0.1, 0.15) is 11.7 Å². The van der Waals surface area contributed by atoms with Crippen molar-refractivity contribution in [2.75, 3.05) is 0 Å². The maximum absolute atomic E-state index is 10.8. The molecule has 0 aliphatic carbocycles. The van der Waals surface area contributed by atoms with Gasteiger partial charge in [-0.25, -0.2) is 0 Å². The van der Waals surface area contributed by atoms with Crippen LogP contribution in [0.5, 0.6) is 0 Å². The number of carboxylic acids is 1. The highest BCUT2D eigenvalue weighted by Gasteiger charge is 2.18. The van der Waals surface area contributed by atoms with Crippen LogP contribution in [0.3, 0.4) is 0 Å². The number of carbonyl (C=O) groups is 1. The first-order chi connectivity index (χ1) is 7.09. The van der Waals surface area contributed by atoms with Gasteiger partial charge in [-0.05, 0) is 19.1 Å². The molecule has 1 aromatic carbocycles. The lowest BCUT2D eigenvalue weighted by Gasteiger charge is -1.99. The molecule has 1 N–H and O–H groups in total. The zero-order valence-corrected chi connectivity index (χ0v) is 8.78. The molecule has 0 saturated heterocycles. The second-order valence-electron chi connectivity index (χ2n) is 3.37. The third kappa shape index (κ3) is 1.70. The van der Waals surface area contributed by atoms with E-state index >= 15 is 0 Å². The number of carboxylic acid groups (broad SMARTS) is 1. The highest BCUT2D eigenvalue weighted by atomic mass is 35.5. The van der Waals surface area contributed by atoms with Crippen molar-refractivity contribution in [1.29, 1.82) is 0 Å². The van der Waals surface area contributed by atoms with E-state index in [1.54, 1.807) is 25.1 Å². The molecule has 0 aliphatic heterocycles. The molecule has 0 bridgehead atoms. The van der Waals surface area contributed by atoms with Crippen molar-refractivity contribution >= 4 is 28.5 Å². The van der Waals surface area contributed by atoms with Gasteiger partial charge in [-0.1, -0.05) is 23.7 Å². The molecule has 2 rings (SSSR count). The number of halogens is 1. The predicted molar refractivity (Wildman–Crippen MR) is 57.3 cm³/mol. The summed E-state index contributed by atoms with van der Waals surface area (Å²) in [4.78, 5) is 10.8. The van der Waals surface area contributed by atoms with Gasteiger partial charge in [0.15, 0.2) is 5.58 Å². The van der Waals surface area contributed by atoms with Crippen LogP contribution in [0.15, 0.2) is 28.7 Å². The summed E-state index contributed by atoms with van der Waals surface area (Å²) in [5, 5.41) is 10.2. The van der Waals surface area contributed by atoms with Crippen molar-refractivity contribution in [2.45, 2.75) is 12.8 Å². The topological polar surface area (TPSA) is 50.4 Å². The maximum atomic E-state index is 10.8. The summed E-state index contributed by atoms with van der Waals surface area (Å²) in [5.74, 6) is -1.15. The summed E-state index contributed by atoms with van der Waals surface area (Å²) in [7, 11) is 0. The first-order valence-electron chi connectivity index (χ1n) is 4.50. The molecule has 78 valence electrons. The third-order valence-corrected chi connectivity index (χ3v) is 2.61. The van der Waals surface area contributed by atoms with Gasteiger partial charge >= 0.3 is 5.97 Å². The van der Waals surface area contributed by atoms with Crippen molar-refractivity contribution in [3.8, 4) is 0 Å². The Morgan fingerprint density at radius 3 is 2.87 bits per heavy atom. The number of fused-ring (bicyclic) bond motifs is 1. The number of furan rings is 1. The van der Waals surface area contributed by atoms with Crippen LogP contribution in [0.25, 0.3) is 11.0 Å². The second-order valence-corrected chi connectivity index (χ2v) is 3.77. The largest absolute Gasteiger partial charge is 0.481 e. The van der Waals surface area contributed by atoms with Crippen molar-refractivity contribution < 1.29 is 14.3 Å². The normalized spacial score (nSPS) is 12.9. The summed E-state index contributed by atoms with van der Waals surface area (Å²) in [6.07, 6.45) is 0. The minimum atomic E-state index is -0.912. The van der Waals surface area contributed by atoms with Crippen LogP contribution in [-0.2, 0) is 4.79 Å². The van der Waals surface area contributed by atoms with Gasteiger partial charge in [-0.3, -0.25) is 4.79 Å². The molecule has 0 saturated carbocycles. The number of aliphatic carboxylic acids is 1. The second kappa shape index (κ2) is 3.59. The Kier molecular flexibility index (Phi) is 2.40. The van der Waals surface area contributed by atoms with Gasteiger partial charge in [-0.15, -0.1) is 0 Å². The first-order valence-corrected chi connectivity index (χ1v) is 4.88. The van der Waals surface area contributed by atoms with Gasteiger partial charge in [0.2, 0.25) is 0 Å². The number of benzene rings is 1. The van der Waals surface area contributed by atoms with E-state index in [-0.39, 0.29) is 0 Å². The van der Waals surface area contributed by atoms with E-state index in [0.717, 1.165) is 5.39 Å². The van der Waals surface area contributed by atoms with Crippen LogP contribution < -0.4 is 0 Å². The summed E-state index contributed by atoms with van der Waals surface area (Å²) in [6.45, 7) is 1.58. The lowest BCUT2D eigenvalue weighted by atomic mass is 10.1. The predicted octanol–water partition coefficient (Wildman–Crippen LogP) is 3.27. The van der Waals surface area contributed by atoms with Crippen LogP contribution >= 0.6 is 11.6 Å². The fraction of sp³-hybridized carbons (Fsp3) is 0.182. The first kappa shape index (κ1) is 10.1. The molecule has 2 aromatic rings. The molecule has 1 heterocycles. The Labute approximate surface area is 91.3 Å². The van der Waals surface area contributed by atoms with Crippen molar-refractivity contribution in [3.05, 3.63) is 35.0 Å². The van der Waals surface area contributed by atoms with Gasteiger partial charge in [0.05, 0.1) is 5.02 Å². The van der Waals surface area contributed by atoms with E-state index in [0.29, 0.717) is 16.4 Å². The number of para-hydroxylation sites is 1. The average Bonchev–Trinajstić information content (AvgIpc) is 2.61. The quantitative estimate of drug-likeness (QED) is 0.852. The average molecular weight is 225 g/mol. The fourth-order valence-corrected chi connectivity index (χ4v) is 1.60. The Bertz CT molecular complexity index is 516.